The van der Waals surface area contributed by atoms with Crippen LogP contribution in [0.15, 0.2) is 35.2 Å². The first-order valence-corrected chi connectivity index (χ1v) is 9.99. The second-order valence-electron chi connectivity index (χ2n) is 6.56. The molecule has 1 aliphatic rings. The van der Waals surface area contributed by atoms with E-state index < -0.39 is 26.6 Å². The number of benzene rings is 1. The molecule has 0 radical (unpaired) electrons. The number of nitrogens with zero attached hydrogens (tertiary/aromatic N) is 2. The molecule has 0 unspecified atom stereocenters. The number of hydrogen-bond donors (Lipinski definition) is 0. The van der Waals surface area contributed by atoms with Crippen LogP contribution in [0.3, 0.4) is 0 Å². The van der Waals surface area contributed by atoms with Crippen molar-refractivity contribution < 1.29 is 22.0 Å². The molecule has 2 rings (SSSR count). The molecule has 1 amide bonds. The van der Waals surface area contributed by atoms with E-state index in [1.165, 1.54) is 0 Å². The molecule has 1 saturated heterocycles. The Morgan fingerprint density at radius 3 is 2.46 bits per heavy atom. The highest BCUT2D eigenvalue weighted by molar-refractivity contribution is 7.89. The van der Waals surface area contributed by atoms with Gasteiger partial charge in [0.2, 0.25) is 15.9 Å². The Morgan fingerprint density at radius 1 is 1.31 bits per heavy atom. The summed E-state index contributed by atoms with van der Waals surface area (Å²) in [4.78, 5) is 13.6. The smallest absolute Gasteiger partial charge is 0.246 e. The highest BCUT2D eigenvalue weighted by atomic mass is 32.2. The molecule has 5 nitrogen and oxygen atoms in total. The standard InChI is InChI=1S/C18H24F2N2O3S/c1-4-21(12-13(2)3)18(23)14-7-9-22(10-8-14)26(24,25)17-11-15(19)5-6-16(17)20/h5-6,11,14H,2,4,7-10,12H2,1,3H3. The molecule has 0 atom stereocenters. The summed E-state index contributed by atoms with van der Waals surface area (Å²) < 4.78 is 53.5. The Balaban J connectivity index is 2.09. The van der Waals surface area contributed by atoms with E-state index in [1.807, 2.05) is 13.8 Å². The lowest BCUT2D eigenvalue weighted by molar-refractivity contribution is -0.136. The number of amides is 1. The quantitative estimate of drug-likeness (QED) is 0.707. The Labute approximate surface area is 153 Å². The molecule has 8 heteroatoms. The highest BCUT2D eigenvalue weighted by Gasteiger charge is 2.34. The lowest BCUT2D eigenvalue weighted by Crippen LogP contribution is -2.44. The Bertz CT molecular complexity index is 788. The number of rotatable bonds is 6. The fourth-order valence-corrected chi connectivity index (χ4v) is 4.63. The van der Waals surface area contributed by atoms with Gasteiger partial charge >= 0.3 is 0 Å². The summed E-state index contributed by atoms with van der Waals surface area (Å²) in [5.41, 5.74) is 0.877. The third-order valence-corrected chi connectivity index (χ3v) is 6.38. The fraction of sp³-hybridized carbons (Fsp3) is 0.500. The first-order valence-electron chi connectivity index (χ1n) is 8.55. The van der Waals surface area contributed by atoms with Crippen LogP contribution in [0.25, 0.3) is 0 Å². The van der Waals surface area contributed by atoms with Crippen molar-refractivity contribution in [2.24, 2.45) is 5.92 Å². The van der Waals surface area contributed by atoms with Crippen molar-refractivity contribution in [2.75, 3.05) is 26.2 Å². The zero-order valence-electron chi connectivity index (χ0n) is 15.0. The van der Waals surface area contributed by atoms with Gasteiger partial charge in [-0.15, -0.1) is 0 Å². The van der Waals surface area contributed by atoms with E-state index in [1.54, 1.807) is 4.90 Å². The van der Waals surface area contributed by atoms with E-state index in [-0.39, 0.29) is 24.9 Å². The molecule has 144 valence electrons. The van der Waals surface area contributed by atoms with Gasteiger partial charge in [-0.1, -0.05) is 12.2 Å². The van der Waals surface area contributed by atoms with Crippen molar-refractivity contribution in [3.8, 4) is 0 Å². The van der Waals surface area contributed by atoms with Crippen LogP contribution in [0.5, 0.6) is 0 Å². The van der Waals surface area contributed by atoms with Crippen molar-refractivity contribution in [1.29, 1.82) is 0 Å². The molecule has 1 heterocycles. The summed E-state index contributed by atoms with van der Waals surface area (Å²) in [6, 6.07) is 2.36. The Morgan fingerprint density at radius 2 is 1.92 bits per heavy atom. The normalized spacial score (nSPS) is 16.5. The zero-order chi connectivity index (χ0) is 19.5. The second-order valence-corrected chi connectivity index (χ2v) is 8.47. The third kappa shape index (κ3) is 4.48. The molecule has 0 spiro atoms. The molecular formula is C18H24F2N2O3S. The molecule has 0 N–H and O–H groups in total. The molecule has 1 aliphatic heterocycles. The van der Waals surface area contributed by atoms with Crippen LogP contribution in [0, 0.1) is 17.6 Å². The summed E-state index contributed by atoms with van der Waals surface area (Å²) in [5, 5.41) is 0. The van der Waals surface area contributed by atoms with Gasteiger partial charge in [0.15, 0.2) is 0 Å². The summed E-state index contributed by atoms with van der Waals surface area (Å²) in [5.74, 6) is -2.10. The van der Waals surface area contributed by atoms with E-state index >= 15 is 0 Å². The number of hydrogen-bond acceptors (Lipinski definition) is 3. The first-order chi connectivity index (χ1) is 12.2. The van der Waals surface area contributed by atoms with E-state index in [2.05, 4.69) is 6.58 Å². The summed E-state index contributed by atoms with van der Waals surface area (Å²) in [6.45, 7) is 8.77. The van der Waals surface area contributed by atoms with Gasteiger partial charge in [0.25, 0.3) is 0 Å². The second kappa shape index (κ2) is 8.26. The van der Waals surface area contributed by atoms with Crippen LogP contribution in [0.1, 0.15) is 26.7 Å². The van der Waals surface area contributed by atoms with E-state index in [4.69, 9.17) is 0 Å². The summed E-state index contributed by atoms with van der Waals surface area (Å²) in [7, 11) is -4.13. The van der Waals surface area contributed by atoms with Gasteiger partial charge in [-0.05, 0) is 44.9 Å². The lowest BCUT2D eigenvalue weighted by atomic mass is 9.96. The van der Waals surface area contributed by atoms with Crippen molar-refractivity contribution in [1.82, 2.24) is 9.21 Å². The van der Waals surface area contributed by atoms with Gasteiger partial charge < -0.3 is 4.90 Å². The molecule has 26 heavy (non-hydrogen) atoms. The van der Waals surface area contributed by atoms with Crippen LogP contribution in [0.4, 0.5) is 8.78 Å². The van der Waals surface area contributed by atoms with Crippen molar-refractivity contribution in [3.63, 3.8) is 0 Å². The SMILES string of the molecule is C=C(C)CN(CC)C(=O)C1CCN(S(=O)(=O)c2cc(F)ccc2F)CC1. The summed E-state index contributed by atoms with van der Waals surface area (Å²) in [6.07, 6.45) is 0.698. The highest BCUT2D eigenvalue weighted by Crippen LogP contribution is 2.27. The van der Waals surface area contributed by atoms with E-state index in [0.29, 0.717) is 32.0 Å². The van der Waals surface area contributed by atoms with Crippen LogP contribution in [-0.4, -0.2) is 49.7 Å². The first kappa shape index (κ1) is 20.5. The average molecular weight is 386 g/mol. The molecular weight excluding hydrogens is 362 g/mol. The monoisotopic (exact) mass is 386 g/mol. The largest absolute Gasteiger partial charge is 0.339 e. The van der Waals surface area contributed by atoms with Gasteiger partial charge in [0, 0.05) is 32.1 Å². The Hall–Kier alpha value is -1.80. The number of carbonyl (C=O) groups is 1. The van der Waals surface area contributed by atoms with Gasteiger partial charge in [0.1, 0.15) is 16.5 Å². The lowest BCUT2D eigenvalue weighted by Gasteiger charge is -2.33. The number of piperidine rings is 1. The fourth-order valence-electron chi connectivity index (χ4n) is 3.09. The van der Waals surface area contributed by atoms with Crippen LogP contribution in [-0.2, 0) is 14.8 Å². The molecule has 1 aromatic carbocycles. The minimum Gasteiger partial charge on any atom is -0.339 e. The minimum absolute atomic E-state index is 0.0236. The van der Waals surface area contributed by atoms with Crippen molar-refractivity contribution in [3.05, 3.63) is 42.0 Å². The van der Waals surface area contributed by atoms with Gasteiger partial charge in [-0.2, -0.15) is 4.31 Å². The van der Waals surface area contributed by atoms with Crippen LogP contribution < -0.4 is 0 Å². The number of likely N-dealkylation sites (N-methyl/N-ethyl adjacent to an activating group) is 1. The van der Waals surface area contributed by atoms with E-state index in [9.17, 15) is 22.0 Å². The maximum atomic E-state index is 13.9. The number of carbonyl (C=O) groups excluding carboxylic acids is 1. The number of halogens is 2. The average Bonchev–Trinajstić information content (AvgIpc) is 2.61. The molecule has 0 bridgehead atoms. The Kier molecular flexibility index (Phi) is 6.52. The van der Waals surface area contributed by atoms with Gasteiger partial charge in [-0.3, -0.25) is 4.79 Å². The molecule has 1 aromatic rings. The zero-order valence-corrected chi connectivity index (χ0v) is 15.9. The van der Waals surface area contributed by atoms with Crippen molar-refractivity contribution >= 4 is 15.9 Å². The van der Waals surface area contributed by atoms with E-state index in [0.717, 1.165) is 22.0 Å². The molecule has 0 aromatic heterocycles. The maximum absolute atomic E-state index is 13.9. The molecule has 0 aliphatic carbocycles. The number of sulfonamides is 1. The third-order valence-electron chi connectivity index (χ3n) is 4.47. The van der Waals surface area contributed by atoms with Crippen molar-refractivity contribution in [2.45, 2.75) is 31.6 Å². The van der Waals surface area contributed by atoms with Crippen LogP contribution >= 0.6 is 0 Å². The predicted octanol–water partition coefficient (Wildman–Crippen LogP) is 2.79. The van der Waals surface area contributed by atoms with Gasteiger partial charge in [0.05, 0.1) is 0 Å². The molecule has 1 fully saturated rings. The maximum Gasteiger partial charge on any atom is 0.246 e. The topological polar surface area (TPSA) is 57.7 Å². The van der Waals surface area contributed by atoms with Gasteiger partial charge in [-0.25, -0.2) is 17.2 Å². The minimum atomic E-state index is -4.13. The molecule has 0 saturated carbocycles. The summed E-state index contributed by atoms with van der Waals surface area (Å²) >= 11 is 0. The predicted molar refractivity (Wildman–Crippen MR) is 94.9 cm³/mol. The van der Waals surface area contributed by atoms with Crippen LogP contribution in [0.2, 0.25) is 0 Å².